The van der Waals surface area contributed by atoms with Crippen molar-refractivity contribution in [1.29, 1.82) is 0 Å². The van der Waals surface area contributed by atoms with E-state index in [1.54, 1.807) is 0 Å². The summed E-state index contributed by atoms with van der Waals surface area (Å²) < 4.78 is 40.5. The van der Waals surface area contributed by atoms with Crippen LogP contribution in [0.4, 0.5) is 4.39 Å². The molecule has 6 heteroatoms. The number of benzene rings is 1. The first-order valence-electron chi connectivity index (χ1n) is 7.44. The molecule has 21 heavy (non-hydrogen) atoms. The van der Waals surface area contributed by atoms with Gasteiger partial charge >= 0.3 is 0 Å². The average molecular weight is 314 g/mol. The Hall–Kier alpha value is -0.980. The van der Waals surface area contributed by atoms with Gasteiger partial charge < -0.3 is 5.32 Å². The number of hydrogen-bond donors (Lipinski definition) is 1. The Labute approximate surface area is 126 Å². The zero-order valence-corrected chi connectivity index (χ0v) is 13.4. The SMILES string of the molecule is CCNCc1cc(S(=O)(=O)N2CCC(C)CC2)ccc1F. The predicted molar refractivity (Wildman–Crippen MR) is 80.9 cm³/mol. The second kappa shape index (κ2) is 6.85. The first kappa shape index (κ1) is 16.4. The van der Waals surface area contributed by atoms with Crippen LogP contribution in [0.25, 0.3) is 0 Å². The molecule has 0 unspecified atom stereocenters. The van der Waals surface area contributed by atoms with Crippen molar-refractivity contribution in [1.82, 2.24) is 9.62 Å². The molecule has 0 radical (unpaired) electrons. The number of sulfonamides is 1. The first-order valence-corrected chi connectivity index (χ1v) is 8.88. The lowest BCUT2D eigenvalue weighted by molar-refractivity contribution is 0.288. The van der Waals surface area contributed by atoms with Gasteiger partial charge in [0.1, 0.15) is 5.82 Å². The Bertz CT molecular complexity index is 581. The molecule has 118 valence electrons. The van der Waals surface area contributed by atoms with E-state index in [1.165, 1.54) is 22.5 Å². The summed E-state index contributed by atoms with van der Waals surface area (Å²) in [6.45, 7) is 6.19. The molecule has 0 aliphatic carbocycles. The lowest BCUT2D eigenvalue weighted by atomic mass is 10.0. The van der Waals surface area contributed by atoms with E-state index < -0.39 is 10.0 Å². The lowest BCUT2D eigenvalue weighted by Gasteiger charge is -2.29. The van der Waals surface area contributed by atoms with Crippen molar-refractivity contribution in [3.8, 4) is 0 Å². The standard InChI is InChI=1S/C15H23FN2O2S/c1-3-17-11-13-10-14(4-5-15(13)16)21(19,20)18-8-6-12(2)7-9-18/h4-5,10,12,17H,3,6-9,11H2,1-2H3. The van der Waals surface area contributed by atoms with Crippen LogP contribution in [-0.4, -0.2) is 32.4 Å². The molecule has 0 aromatic heterocycles. The minimum atomic E-state index is -3.51. The molecule has 1 N–H and O–H groups in total. The third-order valence-corrected chi connectivity index (χ3v) is 5.86. The van der Waals surface area contributed by atoms with Crippen LogP contribution in [0.5, 0.6) is 0 Å². The molecule has 0 atom stereocenters. The molecular weight excluding hydrogens is 291 g/mol. The van der Waals surface area contributed by atoms with Crippen molar-refractivity contribution >= 4 is 10.0 Å². The van der Waals surface area contributed by atoms with E-state index >= 15 is 0 Å². The summed E-state index contributed by atoms with van der Waals surface area (Å²) in [5.41, 5.74) is 0.392. The van der Waals surface area contributed by atoms with Crippen LogP contribution < -0.4 is 5.32 Å². The highest BCUT2D eigenvalue weighted by Crippen LogP contribution is 2.24. The van der Waals surface area contributed by atoms with E-state index in [2.05, 4.69) is 12.2 Å². The van der Waals surface area contributed by atoms with Crippen molar-refractivity contribution < 1.29 is 12.8 Å². The van der Waals surface area contributed by atoms with Crippen LogP contribution in [0, 0.1) is 11.7 Å². The van der Waals surface area contributed by atoms with Crippen molar-refractivity contribution in [2.75, 3.05) is 19.6 Å². The minimum Gasteiger partial charge on any atom is -0.313 e. The minimum absolute atomic E-state index is 0.186. The van der Waals surface area contributed by atoms with Crippen LogP contribution in [-0.2, 0) is 16.6 Å². The Kier molecular flexibility index (Phi) is 5.35. The summed E-state index contributed by atoms with van der Waals surface area (Å²) >= 11 is 0. The molecule has 1 saturated heterocycles. The van der Waals surface area contributed by atoms with Gasteiger partial charge in [0.05, 0.1) is 4.90 Å². The van der Waals surface area contributed by atoms with Crippen LogP contribution in [0.2, 0.25) is 0 Å². The van der Waals surface area contributed by atoms with Gasteiger partial charge in [-0.05, 0) is 43.5 Å². The van der Waals surface area contributed by atoms with E-state index in [1.807, 2.05) is 6.92 Å². The second-order valence-corrected chi connectivity index (χ2v) is 7.56. The zero-order valence-electron chi connectivity index (χ0n) is 12.6. The summed E-state index contributed by atoms with van der Waals surface area (Å²) in [6, 6.07) is 4.05. The quantitative estimate of drug-likeness (QED) is 0.907. The maximum atomic E-state index is 13.7. The molecule has 1 aromatic rings. The van der Waals surface area contributed by atoms with Gasteiger partial charge in [-0.25, -0.2) is 12.8 Å². The Balaban J connectivity index is 2.23. The molecule has 0 saturated carbocycles. The van der Waals surface area contributed by atoms with Crippen LogP contribution in [0.15, 0.2) is 23.1 Å². The third kappa shape index (κ3) is 3.81. The summed E-state index contributed by atoms with van der Waals surface area (Å²) in [6.07, 6.45) is 1.76. The fraction of sp³-hybridized carbons (Fsp3) is 0.600. The van der Waals surface area contributed by atoms with E-state index in [0.29, 0.717) is 37.7 Å². The van der Waals surface area contributed by atoms with Crippen molar-refractivity contribution in [3.05, 3.63) is 29.6 Å². The van der Waals surface area contributed by atoms with E-state index in [4.69, 9.17) is 0 Å². The topological polar surface area (TPSA) is 49.4 Å². The van der Waals surface area contributed by atoms with E-state index in [-0.39, 0.29) is 10.7 Å². The van der Waals surface area contributed by atoms with Gasteiger partial charge in [0.25, 0.3) is 0 Å². The summed E-state index contributed by atoms with van der Waals surface area (Å²) in [7, 11) is -3.51. The Morgan fingerprint density at radius 1 is 1.33 bits per heavy atom. The number of nitrogens with zero attached hydrogens (tertiary/aromatic N) is 1. The second-order valence-electron chi connectivity index (χ2n) is 5.62. The fourth-order valence-electron chi connectivity index (χ4n) is 2.48. The number of rotatable bonds is 5. The maximum Gasteiger partial charge on any atom is 0.243 e. The fourth-order valence-corrected chi connectivity index (χ4v) is 4.00. The van der Waals surface area contributed by atoms with E-state index in [0.717, 1.165) is 12.8 Å². The van der Waals surface area contributed by atoms with Gasteiger partial charge in [-0.2, -0.15) is 4.31 Å². The largest absolute Gasteiger partial charge is 0.313 e. The Morgan fingerprint density at radius 3 is 2.62 bits per heavy atom. The van der Waals surface area contributed by atoms with Crippen molar-refractivity contribution in [3.63, 3.8) is 0 Å². The van der Waals surface area contributed by atoms with Crippen LogP contribution >= 0.6 is 0 Å². The average Bonchev–Trinajstić information content (AvgIpc) is 2.46. The van der Waals surface area contributed by atoms with Gasteiger partial charge in [-0.3, -0.25) is 0 Å². The van der Waals surface area contributed by atoms with Crippen molar-refractivity contribution in [2.24, 2.45) is 5.92 Å². The first-order chi connectivity index (χ1) is 9.95. The smallest absolute Gasteiger partial charge is 0.243 e. The number of piperidine rings is 1. The van der Waals surface area contributed by atoms with Gasteiger partial charge in [0.15, 0.2) is 0 Å². The highest BCUT2D eigenvalue weighted by molar-refractivity contribution is 7.89. The maximum absolute atomic E-state index is 13.7. The predicted octanol–water partition coefficient (Wildman–Crippen LogP) is 2.36. The molecule has 0 amide bonds. The zero-order chi connectivity index (χ0) is 15.5. The molecule has 0 bridgehead atoms. The van der Waals surface area contributed by atoms with Crippen LogP contribution in [0.1, 0.15) is 32.3 Å². The van der Waals surface area contributed by atoms with Gasteiger partial charge in [-0.1, -0.05) is 13.8 Å². The van der Waals surface area contributed by atoms with Gasteiger partial charge in [-0.15, -0.1) is 0 Å². The molecule has 1 fully saturated rings. The summed E-state index contributed by atoms with van der Waals surface area (Å²) in [4.78, 5) is 0.186. The molecule has 1 aliphatic rings. The molecular formula is C15H23FN2O2S. The van der Waals surface area contributed by atoms with E-state index in [9.17, 15) is 12.8 Å². The molecule has 1 aromatic carbocycles. The monoisotopic (exact) mass is 314 g/mol. The Morgan fingerprint density at radius 2 is 2.00 bits per heavy atom. The normalized spacial score (nSPS) is 18.0. The molecule has 1 heterocycles. The van der Waals surface area contributed by atoms with Gasteiger partial charge in [0, 0.05) is 25.2 Å². The molecule has 0 spiro atoms. The van der Waals surface area contributed by atoms with Crippen LogP contribution in [0.3, 0.4) is 0 Å². The number of halogens is 1. The summed E-state index contributed by atoms with van der Waals surface area (Å²) in [5, 5.41) is 3.02. The number of nitrogens with one attached hydrogen (secondary N) is 1. The van der Waals surface area contributed by atoms with Gasteiger partial charge in [0.2, 0.25) is 10.0 Å². The number of hydrogen-bond acceptors (Lipinski definition) is 3. The third-order valence-electron chi connectivity index (χ3n) is 3.96. The van der Waals surface area contributed by atoms with Crippen molar-refractivity contribution in [2.45, 2.75) is 38.1 Å². The highest BCUT2D eigenvalue weighted by atomic mass is 32.2. The molecule has 4 nitrogen and oxygen atoms in total. The highest BCUT2D eigenvalue weighted by Gasteiger charge is 2.28. The molecule has 2 rings (SSSR count). The molecule has 1 aliphatic heterocycles. The lowest BCUT2D eigenvalue weighted by Crippen LogP contribution is -2.37. The summed E-state index contributed by atoms with van der Waals surface area (Å²) in [5.74, 6) is 0.191.